The van der Waals surface area contributed by atoms with Crippen LogP contribution in [0.1, 0.15) is 57.7 Å². The second-order valence-corrected chi connectivity index (χ2v) is 13.6. The van der Waals surface area contributed by atoms with Crippen LogP contribution in [0.15, 0.2) is 78.9 Å². The van der Waals surface area contributed by atoms with E-state index < -0.39 is 29.8 Å². The summed E-state index contributed by atoms with van der Waals surface area (Å²) in [6.07, 6.45) is 1.07. The lowest BCUT2D eigenvalue weighted by atomic mass is 9.99. The van der Waals surface area contributed by atoms with Gasteiger partial charge in [0.2, 0.25) is 11.8 Å². The number of ketones is 1. The second-order valence-electron chi connectivity index (χ2n) is 13.6. The monoisotopic (exact) mass is 651 g/mol. The maximum atomic E-state index is 13.7. The SMILES string of the molecule is C[C@H](NC(=O)OC(C)(C)C)C(=O)Nc1ccc(-c2cc3cc(CC(=O)[C@@H]4CCCN4C(=O)[C@@H](c4ccccc4)N(C)C)ccc3[nH]2)cc1. The number of likely N-dealkylation sites (N-methyl/N-ethyl adjacent to an activating group) is 1. The van der Waals surface area contributed by atoms with Gasteiger partial charge in [-0.3, -0.25) is 19.3 Å². The lowest BCUT2D eigenvalue weighted by molar-refractivity contribution is -0.141. The third-order valence-corrected chi connectivity index (χ3v) is 8.43. The number of aromatic nitrogens is 1. The zero-order valence-corrected chi connectivity index (χ0v) is 28.5. The third-order valence-electron chi connectivity index (χ3n) is 8.43. The molecule has 4 aromatic rings. The summed E-state index contributed by atoms with van der Waals surface area (Å²) in [5, 5.41) is 6.34. The van der Waals surface area contributed by atoms with Gasteiger partial charge < -0.3 is 25.3 Å². The number of nitrogens with one attached hydrogen (secondary N) is 3. The number of hydrogen-bond acceptors (Lipinski definition) is 6. The van der Waals surface area contributed by atoms with Crippen LogP contribution < -0.4 is 10.6 Å². The van der Waals surface area contributed by atoms with Crippen molar-refractivity contribution in [3.8, 4) is 11.3 Å². The highest BCUT2D eigenvalue weighted by atomic mass is 16.6. The number of likely N-dealkylation sites (tertiary alicyclic amines) is 1. The number of hydrogen-bond donors (Lipinski definition) is 3. The number of alkyl carbamates (subject to hydrolysis) is 1. The zero-order chi connectivity index (χ0) is 34.6. The second kappa shape index (κ2) is 14.4. The first kappa shape index (κ1) is 34.4. The van der Waals surface area contributed by atoms with Crippen LogP contribution in [0.2, 0.25) is 0 Å². The summed E-state index contributed by atoms with van der Waals surface area (Å²) in [6.45, 7) is 7.45. The van der Waals surface area contributed by atoms with E-state index in [9.17, 15) is 19.2 Å². The molecule has 10 nitrogen and oxygen atoms in total. The van der Waals surface area contributed by atoms with Crippen molar-refractivity contribution < 1.29 is 23.9 Å². The molecule has 1 saturated heterocycles. The van der Waals surface area contributed by atoms with Gasteiger partial charge in [0.1, 0.15) is 17.7 Å². The average molecular weight is 652 g/mol. The topological polar surface area (TPSA) is 124 Å². The van der Waals surface area contributed by atoms with Crippen LogP contribution in [0.5, 0.6) is 0 Å². The molecular weight excluding hydrogens is 606 g/mol. The first-order valence-electron chi connectivity index (χ1n) is 16.4. The van der Waals surface area contributed by atoms with Crippen molar-refractivity contribution in [1.29, 1.82) is 0 Å². The van der Waals surface area contributed by atoms with Crippen molar-refractivity contribution in [2.24, 2.45) is 0 Å². The number of aromatic amines is 1. The van der Waals surface area contributed by atoms with E-state index in [1.165, 1.54) is 0 Å². The van der Waals surface area contributed by atoms with Crippen LogP contribution >= 0.6 is 0 Å². The number of carbonyl (C=O) groups excluding carboxylic acids is 4. The molecule has 0 radical (unpaired) electrons. The van der Waals surface area contributed by atoms with Gasteiger partial charge in [-0.05, 0) is 102 Å². The highest BCUT2D eigenvalue weighted by Gasteiger charge is 2.38. The fourth-order valence-electron chi connectivity index (χ4n) is 6.12. The van der Waals surface area contributed by atoms with Crippen molar-refractivity contribution in [1.82, 2.24) is 20.1 Å². The average Bonchev–Trinajstić information content (AvgIpc) is 3.69. The minimum absolute atomic E-state index is 0.0367. The van der Waals surface area contributed by atoms with Crippen molar-refractivity contribution in [2.75, 3.05) is 26.0 Å². The van der Waals surface area contributed by atoms with E-state index in [2.05, 4.69) is 15.6 Å². The van der Waals surface area contributed by atoms with Crippen molar-refractivity contribution in [2.45, 2.75) is 70.7 Å². The predicted molar refractivity (Wildman–Crippen MR) is 188 cm³/mol. The van der Waals surface area contributed by atoms with E-state index in [1.807, 2.05) is 85.7 Å². The highest BCUT2D eigenvalue weighted by Crippen LogP contribution is 2.29. The lowest BCUT2D eigenvalue weighted by Gasteiger charge is -2.31. The number of anilines is 1. The summed E-state index contributed by atoms with van der Waals surface area (Å²) in [4.78, 5) is 59.1. The van der Waals surface area contributed by atoms with Crippen LogP contribution in [-0.4, -0.2) is 76.8 Å². The van der Waals surface area contributed by atoms with E-state index in [-0.39, 0.29) is 24.0 Å². The van der Waals surface area contributed by atoms with E-state index in [0.717, 1.165) is 39.7 Å². The molecule has 0 bridgehead atoms. The minimum atomic E-state index is -0.782. The first-order valence-corrected chi connectivity index (χ1v) is 16.4. The molecule has 252 valence electrons. The molecule has 0 spiro atoms. The van der Waals surface area contributed by atoms with Gasteiger partial charge in [0.15, 0.2) is 5.78 Å². The molecule has 48 heavy (non-hydrogen) atoms. The molecule has 0 unspecified atom stereocenters. The summed E-state index contributed by atoms with van der Waals surface area (Å²) in [5.74, 6) is -0.347. The Labute approximate surface area is 281 Å². The number of rotatable bonds is 10. The first-order chi connectivity index (χ1) is 22.8. The van der Waals surface area contributed by atoms with Crippen LogP contribution in [0.4, 0.5) is 10.5 Å². The van der Waals surface area contributed by atoms with Crippen molar-refractivity contribution in [3.63, 3.8) is 0 Å². The number of ether oxygens (including phenoxy) is 1. The molecular formula is C38H45N5O5. The Kier molecular flexibility index (Phi) is 10.3. The summed E-state index contributed by atoms with van der Waals surface area (Å²) >= 11 is 0. The molecule has 2 heterocycles. The van der Waals surface area contributed by atoms with E-state index in [0.29, 0.717) is 18.7 Å². The largest absolute Gasteiger partial charge is 0.444 e. The molecule has 1 aromatic heterocycles. The minimum Gasteiger partial charge on any atom is -0.444 e. The van der Waals surface area contributed by atoms with Gasteiger partial charge in [0.25, 0.3) is 0 Å². The third kappa shape index (κ3) is 8.30. The van der Waals surface area contributed by atoms with Crippen molar-refractivity contribution >= 4 is 40.3 Å². The standard InChI is InChI=1S/C38H45N5O5/c1-24(39-37(47)48-38(2,3)4)35(45)40-29-17-15-26(16-18-29)31-23-28-21-25(14-19-30(28)41-31)22-33(44)32-13-10-20-43(32)36(46)34(42(5)6)27-11-8-7-9-12-27/h7-9,11-12,14-19,21,23-24,32,34,41H,10,13,20,22H2,1-6H3,(H,39,47)(H,40,45)/t24-,32-,34+/m0/s1. The quantitative estimate of drug-likeness (QED) is 0.191. The Balaban J connectivity index is 1.22. The molecule has 1 aliphatic heterocycles. The number of benzene rings is 3. The maximum absolute atomic E-state index is 13.7. The van der Waals surface area contributed by atoms with E-state index in [4.69, 9.17) is 4.74 Å². The Morgan fingerprint density at radius 1 is 0.979 bits per heavy atom. The van der Waals surface area contributed by atoms with Gasteiger partial charge in [0.05, 0.1) is 6.04 Å². The van der Waals surface area contributed by atoms with Crippen molar-refractivity contribution in [3.05, 3.63) is 90.0 Å². The molecule has 5 rings (SSSR count). The molecule has 10 heteroatoms. The number of carbonyl (C=O) groups is 4. The molecule has 3 N–H and O–H groups in total. The molecule has 1 fully saturated rings. The molecule has 1 aliphatic rings. The fourth-order valence-corrected chi connectivity index (χ4v) is 6.12. The molecule has 3 aromatic carbocycles. The van der Waals surface area contributed by atoms with E-state index >= 15 is 0 Å². The number of H-pyrrole nitrogens is 1. The van der Waals surface area contributed by atoms with Gasteiger partial charge in [-0.1, -0.05) is 48.5 Å². The molecule has 3 amide bonds. The fraction of sp³-hybridized carbons (Fsp3) is 0.368. The number of Topliss-reactive ketones (excluding diaryl/α,β-unsaturated/α-hetero) is 1. The number of fused-ring (bicyclic) bond motifs is 1. The van der Waals surface area contributed by atoms with Gasteiger partial charge in [0, 0.05) is 35.2 Å². The van der Waals surface area contributed by atoms with Crippen LogP contribution in [0.3, 0.4) is 0 Å². The van der Waals surface area contributed by atoms with Crippen LogP contribution in [0.25, 0.3) is 22.2 Å². The van der Waals surface area contributed by atoms with Crippen LogP contribution in [0, 0.1) is 0 Å². The highest BCUT2D eigenvalue weighted by molar-refractivity contribution is 5.97. The number of amides is 3. The summed E-state index contributed by atoms with van der Waals surface area (Å²) in [7, 11) is 3.79. The van der Waals surface area contributed by atoms with Gasteiger partial charge in [-0.2, -0.15) is 0 Å². The smallest absolute Gasteiger partial charge is 0.408 e. The Hall–Kier alpha value is -4.96. The molecule has 3 atom stereocenters. The predicted octanol–water partition coefficient (Wildman–Crippen LogP) is 6.09. The Bertz CT molecular complexity index is 1770. The van der Waals surface area contributed by atoms with Gasteiger partial charge in [-0.15, -0.1) is 0 Å². The summed E-state index contributed by atoms with van der Waals surface area (Å²) in [6, 6.07) is 23.5. The zero-order valence-electron chi connectivity index (χ0n) is 28.5. The lowest BCUT2D eigenvalue weighted by Crippen LogP contribution is -2.46. The normalized spacial score (nSPS) is 16.1. The van der Waals surface area contributed by atoms with E-state index in [1.54, 1.807) is 44.7 Å². The summed E-state index contributed by atoms with van der Waals surface area (Å²) < 4.78 is 5.22. The number of nitrogens with zero attached hydrogens (tertiary/aromatic N) is 2. The Morgan fingerprint density at radius 2 is 1.69 bits per heavy atom. The van der Waals surface area contributed by atoms with Gasteiger partial charge in [-0.25, -0.2) is 4.79 Å². The summed E-state index contributed by atoms with van der Waals surface area (Å²) in [5.41, 5.74) is 4.52. The maximum Gasteiger partial charge on any atom is 0.408 e. The van der Waals surface area contributed by atoms with Crippen LogP contribution in [-0.2, 0) is 25.5 Å². The Morgan fingerprint density at radius 3 is 2.35 bits per heavy atom. The molecule has 0 aliphatic carbocycles. The molecule has 0 saturated carbocycles. The van der Waals surface area contributed by atoms with Gasteiger partial charge >= 0.3 is 6.09 Å².